The molecule has 3 N–H and O–H groups in total. The van der Waals surface area contributed by atoms with E-state index in [-0.39, 0.29) is 36.2 Å². The molecule has 1 atom stereocenters. The van der Waals surface area contributed by atoms with E-state index < -0.39 is 10.5 Å². The molecule has 160 valence electrons. The second-order valence-corrected chi connectivity index (χ2v) is 6.75. The molecule has 29 heavy (non-hydrogen) atoms. The van der Waals surface area contributed by atoms with Crippen LogP contribution in [0.2, 0.25) is 0 Å². The Morgan fingerprint density at radius 1 is 1.24 bits per heavy atom. The number of aryl methyl sites for hydroxylation is 1. The van der Waals surface area contributed by atoms with E-state index >= 15 is 0 Å². The maximum Gasteiger partial charge on any atom is 0.269 e. The average Bonchev–Trinajstić information content (AvgIpc) is 3.22. The van der Waals surface area contributed by atoms with Gasteiger partial charge in [0.1, 0.15) is 11.4 Å². The van der Waals surface area contributed by atoms with Gasteiger partial charge in [-0.15, -0.1) is 24.0 Å². The van der Waals surface area contributed by atoms with Crippen LogP contribution in [0.25, 0.3) is 0 Å². The fourth-order valence-corrected chi connectivity index (χ4v) is 2.68. The number of halogens is 1. The Morgan fingerprint density at radius 2 is 1.97 bits per heavy atom. The summed E-state index contributed by atoms with van der Waals surface area (Å²) in [6.45, 7) is 5.29. The second-order valence-electron chi connectivity index (χ2n) is 6.75. The normalized spacial score (nSPS) is 13.3. The quantitative estimate of drug-likeness (QED) is 0.111. The average molecular weight is 516 g/mol. The first kappa shape index (κ1) is 24.9. The van der Waals surface area contributed by atoms with Gasteiger partial charge in [-0.1, -0.05) is 12.1 Å². The summed E-state index contributed by atoms with van der Waals surface area (Å²) in [7, 11) is 0. The Hall–Kier alpha value is -2.14. The highest BCUT2D eigenvalue weighted by molar-refractivity contribution is 14.0. The Labute approximate surface area is 188 Å². The van der Waals surface area contributed by atoms with E-state index in [1.165, 1.54) is 18.4 Å². The largest absolute Gasteiger partial charge is 0.466 e. The first-order chi connectivity index (χ1) is 13.4. The Balaban J connectivity index is 0.00000420. The monoisotopic (exact) mass is 516 g/mol. The molecule has 0 aliphatic rings. The van der Waals surface area contributed by atoms with Crippen molar-refractivity contribution < 1.29 is 14.4 Å². The molecule has 0 bridgehead atoms. The molecular formula is C20H29IN4O4. The molecule has 0 amide bonds. The molecule has 0 spiro atoms. The zero-order valence-electron chi connectivity index (χ0n) is 16.8. The van der Waals surface area contributed by atoms with E-state index in [1.54, 1.807) is 31.2 Å². The fourth-order valence-electron chi connectivity index (χ4n) is 2.68. The zero-order chi connectivity index (χ0) is 20.4. The molecule has 8 nitrogen and oxygen atoms in total. The van der Waals surface area contributed by atoms with Gasteiger partial charge in [0.2, 0.25) is 0 Å². The standard InChI is InChI=1S/C20H28N4O4.HI/c1-3-21-19(23-15-20(2,25)18-8-6-14-28-18)22-13-5-4-7-16-9-11-17(12-10-16)24(26)27;/h6,8-12,14,25H,3-5,7,13,15H2,1-2H3,(H2,21,22,23);1H. The van der Waals surface area contributed by atoms with Crippen LogP contribution >= 0.6 is 24.0 Å². The van der Waals surface area contributed by atoms with E-state index in [4.69, 9.17) is 4.42 Å². The summed E-state index contributed by atoms with van der Waals surface area (Å²) < 4.78 is 5.27. The van der Waals surface area contributed by atoms with Crippen molar-refractivity contribution in [2.24, 2.45) is 4.99 Å². The Bertz CT molecular complexity index is 761. The highest BCUT2D eigenvalue weighted by Gasteiger charge is 2.26. The topological polar surface area (TPSA) is 113 Å². The maximum absolute atomic E-state index is 10.7. The molecule has 1 heterocycles. The number of nitrogens with one attached hydrogen (secondary N) is 2. The van der Waals surface area contributed by atoms with Gasteiger partial charge in [0.05, 0.1) is 17.7 Å². The van der Waals surface area contributed by atoms with Gasteiger partial charge in [0.25, 0.3) is 5.69 Å². The first-order valence-electron chi connectivity index (χ1n) is 9.44. The number of nitrogens with zero attached hydrogens (tertiary/aromatic N) is 2. The molecule has 1 unspecified atom stereocenters. The number of aliphatic imine (C=N–C) groups is 1. The van der Waals surface area contributed by atoms with Crippen LogP contribution in [0.5, 0.6) is 0 Å². The van der Waals surface area contributed by atoms with Crippen molar-refractivity contribution in [3.8, 4) is 0 Å². The zero-order valence-corrected chi connectivity index (χ0v) is 19.1. The summed E-state index contributed by atoms with van der Waals surface area (Å²) in [5, 5.41) is 27.6. The summed E-state index contributed by atoms with van der Waals surface area (Å²) in [4.78, 5) is 14.7. The van der Waals surface area contributed by atoms with E-state index in [0.717, 1.165) is 37.9 Å². The number of hydrogen-bond acceptors (Lipinski definition) is 5. The van der Waals surface area contributed by atoms with E-state index in [0.29, 0.717) is 11.7 Å². The van der Waals surface area contributed by atoms with Crippen molar-refractivity contribution in [3.63, 3.8) is 0 Å². The van der Waals surface area contributed by atoms with Gasteiger partial charge in [-0.3, -0.25) is 10.1 Å². The molecule has 1 aromatic heterocycles. The highest BCUT2D eigenvalue weighted by atomic mass is 127. The third kappa shape index (κ3) is 8.40. The predicted molar refractivity (Wildman–Crippen MR) is 124 cm³/mol. The number of guanidine groups is 1. The summed E-state index contributed by atoms with van der Waals surface area (Å²) >= 11 is 0. The molecule has 0 radical (unpaired) electrons. The second kappa shape index (κ2) is 12.4. The van der Waals surface area contributed by atoms with Crippen LogP contribution < -0.4 is 10.6 Å². The van der Waals surface area contributed by atoms with Gasteiger partial charge in [0.15, 0.2) is 5.96 Å². The van der Waals surface area contributed by atoms with Gasteiger partial charge in [-0.05, 0) is 50.8 Å². The number of non-ortho nitro benzene ring substituents is 1. The Kier molecular flexibility index (Phi) is 10.7. The number of benzene rings is 1. The minimum atomic E-state index is -1.16. The lowest BCUT2D eigenvalue weighted by Crippen LogP contribution is -2.39. The van der Waals surface area contributed by atoms with Crippen LogP contribution in [0, 0.1) is 10.1 Å². The molecule has 2 rings (SSSR count). The van der Waals surface area contributed by atoms with Crippen molar-refractivity contribution in [1.82, 2.24) is 10.6 Å². The minimum Gasteiger partial charge on any atom is -0.466 e. The number of hydrogen-bond donors (Lipinski definition) is 3. The van der Waals surface area contributed by atoms with Gasteiger partial charge >= 0.3 is 0 Å². The van der Waals surface area contributed by atoms with Gasteiger partial charge in [-0.2, -0.15) is 0 Å². The summed E-state index contributed by atoms with van der Waals surface area (Å²) in [6.07, 6.45) is 4.27. The molecule has 0 aliphatic carbocycles. The highest BCUT2D eigenvalue weighted by Crippen LogP contribution is 2.21. The lowest BCUT2D eigenvalue weighted by molar-refractivity contribution is -0.384. The van der Waals surface area contributed by atoms with Crippen molar-refractivity contribution in [2.75, 3.05) is 19.6 Å². The van der Waals surface area contributed by atoms with Gasteiger partial charge in [0, 0.05) is 25.2 Å². The SMILES string of the molecule is CCNC(=NCC(C)(O)c1ccco1)NCCCCc1ccc([N+](=O)[O-])cc1.I. The number of furan rings is 1. The van der Waals surface area contributed by atoms with Gasteiger partial charge < -0.3 is 20.2 Å². The van der Waals surface area contributed by atoms with Crippen LogP contribution in [0.3, 0.4) is 0 Å². The number of unbranched alkanes of at least 4 members (excludes halogenated alkanes) is 1. The van der Waals surface area contributed by atoms with E-state index in [9.17, 15) is 15.2 Å². The molecule has 0 aliphatic heterocycles. The molecular weight excluding hydrogens is 487 g/mol. The maximum atomic E-state index is 10.7. The Morgan fingerprint density at radius 3 is 2.55 bits per heavy atom. The van der Waals surface area contributed by atoms with Crippen molar-refractivity contribution in [1.29, 1.82) is 0 Å². The molecule has 2 aromatic rings. The summed E-state index contributed by atoms with van der Waals surface area (Å²) in [5.74, 6) is 1.12. The third-order valence-electron chi connectivity index (χ3n) is 4.27. The van der Waals surface area contributed by atoms with E-state index in [2.05, 4.69) is 15.6 Å². The number of nitro groups is 1. The molecule has 9 heteroatoms. The van der Waals surface area contributed by atoms with Crippen molar-refractivity contribution in [2.45, 2.75) is 38.7 Å². The number of rotatable bonds is 10. The van der Waals surface area contributed by atoms with Crippen LogP contribution in [0.15, 0.2) is 52.1 Å². The van der Waals surface area contributed by atoms with Crippen molar-refractivity contribution >= 4 is 35.6 Å². The van der Waals surface area contributed by atoms with Crippen molar-refractivity contribution in [3.05, 3.63) is 64.1 Å². The molecule has 0 fully saturated rings. The van der Waals surface area contributed by atoms with Crippen LogP contribution in [0.4, 0.5) is 5.69 Å². The molecule has 0 saturated heterocycles. The fraction of sp³-hybridized carbons (Fsp3) is 0.450. The molecule has 1 aromatic carbocycles. The minimum absolute atomic E-state index is 0. The summed E-state index contributed by atoms with van der Waals surface area (Å²) in [5.41, 5.74) is 0.0323. The molecule has 0 saturated carbocycles. The van der Waals surface area contributed by atoms with Gasteiger partial charge in [-0.25, -0.2) is 4.99 Å². The lowest BCUT2D eigenvalue weighted by atomic mass is 10.0. The first-order valence-corrected chi connectivity index (χ1v) is 9.44. The number of nitro benzene ring substituents is 1. The lowest BCUT2D eigenvalue weighted by Gasteiger charge is -2.19. The third-order valence-corrected chi connectivity index (χ3v) is 4.27. The summed E-state index contributed by atoms with van der Waals surface area (Å²) in [6, 6.07) is 10.1. The van der Waals surface area contributed by atoms with Crippen LogP contribution in [-0.2, 0) is 12.0 Å². The number of aliphatic hydroxyl groups is 1. The van der Waals surface area contributed by atoms with Crippen LogP contribution in [0.1, 0.15) is 38.0 Å². The van der Waals surface area contributed by atoms with Crippen LogP contribution in [-0.4, -0.2) is 35.6 Å². The predicted octanol–water partition coefficient (Wildman–Crippen LogP) is 3.59. The van der Waals surface area contributed by atoms with E-state index in [1.807, 2.05) is 6.92 Å². The smallest absolute Gasteiger partial charge is 0.269 e.